The molecule has 1 N–H and O–H groups in total. The van der Waals surface area contributed by atoms with Crippen molar-refractivity contribution in [2.75, 3.05) is 20.1 Å². The van der Waals surface area contributed by atoms with Gasteiger partial charge < -0.3 is 15.0 Å². The maximum atomic E-state index is 12.1. The van der Waals surface area contributed by atoms with E-state index in [0.717, 1.165) is 30.4 Å². The Labute approximate surface area is 128 Å². The third kappa shape index (κ3) is 4.21. The zero-order chi connectivity index (χ0) is 14.5. The number of amides is 1. The Morgan fingerprint density at radius 1 is 1.40 bits per heavy atom. The van der Waals surface area contributed by atoms with E-state index < -0.39 is 6.10 Å². The molecule has 1 amide bonds. The maximum Gasteiger partial charge on any atom is 0.260 e. The normalized spacial score (nSPS) is 18.6. The summed E-state index contributed by atoms with van der Waals surface area (Å²) in [7, 11) is 2.11. The fraction of sp³-hybridized carbons (Fsp3) is 0.533. The van der Waals surface area contributed by atoms with Gasteiger partial charge in [-0.25, -0.2) is 0 Å². The highest BCUT2D eigenvalue weighted by Crippen LogP contribution is 2.24. The highest BCUT2D eigenvalue weighted by molar-refractivity contribution is 9.10. The minimum atomic E-state index is -0.492. The molecule has 5 heteroatoms. The van der Waals surface area contributed by atoms with Crippen LogP contribution in [0.3, 0.4) is 0 Å². The van der Waals surface area contributed by atoms with E-state index in [9.17, 15) is 4.79 Å². The van der Waals surface area contributed by atoms with Crippen molar-refractivity contribution in [2.45, 2.75) is 31.9 Å². The molecule has 1 aliphatic heterocycles. The molecule has 1 aromatic carbocycles. The molecule has 4 nitrogen and oxygen atoms in total. The number of carbonyl (C=O) groups is 1. The molecule has 2 rings (SSSR count). The second kappa shape index (κ2) is 7.09. The summed E-state index contributed by atoms with van der Waals surface area (Å²) in [6.07, 6.45) is 1.52. The summed E-state index contributed by atoms with van der Waals surface area (Å²) in [5.41, 5.74) is 0. The fourth-order valence-corrected chi connectivity index (χ4v) is 2.63. The van der Waals surface area contributed by atoms with Crippen molar-refractivity contribution in [1.29, 1.82) is 0 Å². The van der Waals surface area contributed by atoms with E-state index in [2.05, 4.69) is 33.2 Å². The van der Waals surface area contributed by atoms with Crippen molar-refractivity contribution in [3.05, 3.63) is 28.7 Å². The summed E-state index contributed by atoms with van der Waals surface area (Å²) in [5, 5.41) is 3.07. The highest BCUT2D eigenvalue weighted by atomic mass is 79.9. The van der Waals surface area contributed by atoms with Crippen molar-refractivity contribution in [1.82, 2.24) is 10.2 Å². The second-order valence-electron chi connectivity index (χ2n) is 5.28. The first-order chi connectivity index (χ1) is 9.56. The standard InChI is InChI=1S/C15H21BrN2O2/c1-11(20-14-6-4-3-5-13(14)16)15(19)17-12-7-9-18(2)10-8-12/h3-6,11-12H,7-10H2,1-2H3,(H,17,19)/t11-/m0/s1. The van der Waals surface area contributed by atoms with Crippen LogP contribution in [0.2, 0.25) is 0 Å². The number of likely N-dealkylation sites (tertiary alicyclic amines) is 1. The van der Waals surface area contributed by atoms with Crippen molar-refractivity contribution >= 4 is 21.8 Å². The average molecular weight is 341 g/mol. The summed E-state index contributed by atoms with van der Waals surface area (Å²) >= 11 is 3.42. The van der Waals surface area contributed by atoms with Crippen LogP contribution in [0.15, 0.2) is 28.7 Å². The maximum absolute atomic E-state index is 12.1. The second-order valence-corrected chi connectivity index (χ2v) is 6.13. The van der Waals surface area contributed by atoms with Crippen LogP contribution >= 0.6 is 15.9 Å². The monoisotopic (exact) mass is 340 g/mol. The largest absolute Gasteiger partial charge is 0.480 e. The number of hydrogen-bond donors (Lipinski definition) is 1. The number of carbonyl (C=O) groups excluding carboxylic acids is 1. The van der Waals surface area contributed by atoms with Crippen LogP contribution in [-0.2, 0) is 4.79 Å². The van der Waals surface area contributed by atoms with Gasteiger partial charge in [0, 0.05) is 6.04 Å². The van der Waals surface area contributed by atoms with E-state index in [1.807, 2.05) is 24.3 Å². The minimum absolute atomic E-state index is 0.0460. The summed E-state index contributed by atoms with van der Waals surface area (Å²) in [6, 6.07) is 7.83. The number of benzene rings is 1. The Morgan fingerprint density at radius 3 is 2.70 bits per heavy atom. The van der Waals surface area contributed by atoms with Gasteiger partial charge in [0.15, 0.2) is 6.10 Å². The van der Waals surface area contributed by atoms with Gasteiger partial charge in [-0.3, -0.25) is 4.79 Å². The lowest BCUT2D eigenvalue weighted by molar-refractivity contribution is -0.128. The van der Waals surface area contributed by atoms with Crippen molar-refractivity contribution in [3.63, 3.8) is 0 Å². The molecule has 1 fully saturated rings. The lowest BCUT2D eigenvalue weighted by atomic mass is 10.1. The Bertz CT molecular complexity index is 459. The van der Waals surface area contributed by atoms with Crippen LogP contribution in [0, 0.1) is 0 Å². The van der Waals surface area contributed by atoms with Gasteiger partial charge in [0.1, 0.15) is 5.75 Å². The lowest BCUT2D eigenvalue weighted by Crippen LogP contribution is -2.47. The van der Waals surface area contributed by atoms with Gasteiger partial charge in [0.05, 0.1) is 4.47 Å². The van der Waals surface area contributed by atoms with Gasteiger partial charge in [-0.15, -0.1) is 0 Å². The van der Waals surface area contributed by atoms with Crippen LogP contribution in [0.25, 0.3) is 0 Å². The summed E-state index contributed by atoms with van der Waals surface area (Å²) in [6.45, 7) is 3.85. The molecule has 0 saturated carbocycles. The number of piperidine rings is 1. The average Bonchev–Trinajstić information content (AvgIpc) is 2.44. The third-order valence-electron chi connectivity index (χ3n) is 3.57. The molecular weight excluding hydrogens is 320 g/mol. The first kappa shape index (κ1) is 15.3. The molecule has 1 saturated heterocycles. The zero-order valence-electron chi connectivity index (χ0n) is 11.9. The molecule has 20 heavy (non-hydrogen) atoms. The van der Waals surface area contributed by atoms with Crippen LogP contribution in [-0.4, -0.2) is 43.1 Å². The Kier molecular flexibility index (Phi) is 5.43. The first-order valence-corrected chi connectivity index (χ1v) is 7.75. The molecule has 0 aliphatic carbocycles. The third-order valence-corrected chi connectivity index (χ3v) is 4.23. The predicted octanol–water partition coefficient (Wildman–Crippen LogP) is 2.43. The molecule has 110 valence electrons. The van der Waals surface area contributed by atoms with Gasteiger partial charge in [-0.1, -0.05) is 12.1 Å². The molecule has 1 aromatic rings. The number of nitrogens with zero attached hydrogens (tertiary/aromatic N) is 1. The van der Waals surface area contributed by atoms with Gasteiger partial charge in [-0.05, 0) is 68.0 Å². The number of para-hydroxylation sites is 1. The molecule has 0 radical (unpaired) electrons. The Morgan fingerprint density at radius 2 is 2.05 bits per heavy atom. The van der Waals surface area contributed by atoms with Crippen molar-refractivity contribution in [2.24, 2.45) is 0 Å². The lowest BCUT2D eigenvalue weighted by Gasteiger charge is -2.30. The van der Waals surface area contributed by atoms with Crippen molar-refractivity contribution < 1.29 is 9.53 Å². The van der Waals surface area contributed by atoms with Crippen molar-refractivity contribution in [3.8, 4) is 5.75 Å². The quantitative estimate of drug-likeness (QED) is 0.915. The number of ether oxygens (including phenoxy) is 1. The fourth-order valence-electron chi connectivity index (χ4n) is 2.26. The van der Waals surface area contributed by atoms with E-state index in [0.29, 0.717) is 5.75 Å². The predicted molar refractivity (Wildman–Crippen MR) is 82.9 cm³/mol. The van der Waals surface area contributed by atoms with Gasteiger partial charge in [-0.2, -0.15) is 0 Å². The van der Waals surface area contributed by atoms with Crippen LogP contribution in [0.4, 0.5) is 0 Å². The number of rotatable bonds is 4. The number of nitrogens with one attached hydrogen (secondary N) is 1. The SMILES string of the molecule is C[C@H](Oc1ccccc1Br)C(=O)NC1CCN(C)CC1. The summed E-state index contributed by atoms with van der Waals surface area (Å²) in [5.74, 6) is 0.647. The Balaban J connectivity index is 1.84. The smallest absolute Gasteiger partial charge is 0.260 e. The molecule has 1 aliphatic rings. The number of halogens is 1. The highest BCUT2D eigenvalue weighted by Gasteiger charge is 2.22. The van der Waals surface area contributed by atoms with Gasteiger partial charge >= 0.3 is 0 Å². The van der Waals surface area contributed by atoms with E-state index in [1.54, 1.807) is 6.92 Å². The summed E-state index contributed by atoms with van der Waals surface area (Å²) in [4.78, 5) is 14.4. The van der Waals surface area contributed by atoms with Gasteiger partial charge in [0.2, 0.25) is 0 Å². The molecule has 0 unspecified atom stereocenters. The number of hydrogen-bond acceptors (Lipinski definition) is 3. The molecular formula is C15H21BrN2O2. The molecule has 1 heterocycles. The van der Waals surface area contributed by atoms with Crippen LogP contribution < -0.4 is 10.1 Å². The van der Waals surface area contributed by atoms with E-state index >= 15 is 0 Å². The van der Waals surface area contributed by atoms with E-state index in [-0.39, 0.29) is 11.9 Å². The minimum Gasteiger partial charge on any atom is -0.480 e. The zero-order valence-corrected chi connectivity index (χ0v) is 13.5. The van der Waals surface area contributed by atoms with E-state index in [1.165, 1.54) is 0 Å². The van der Waals surface area contributed by atoms with Crippen LogP contribution in [0.1, 0.15) is 19.8 Å². The van der Waals surface area contributed by atoms with Gasteiger partial charge in [0.25, 0.3) is 5.91 Å². The Hall–Kier alpha value is -1.07. The molecule has 0 aromatic heterocycles. The molecule has 0 spiro atoms. The van der Waals surface area contributed by atoms with E-state index in [4.69, 9.17) is 4.74 Å². The molecule has 0 bridgehead atoms. The summed E-state index contributed by atoms with van der Waals surface area (Å²) < 4.78 is 6.56. The first-order valence-electron chi connectivity index (χ1n) is 6.96. The van der Waals surface area contributed by atoms with Crippen LogP contribution in [0.5, 0.6) is 5.75 Å². The molecule has 1 atom stereocenters. The topological polar surface area (TPSA) is 41.6 Å².